The molecule has 3 aromatic rings. The van der Waals surface area contributed by atoms with Gasteiger partial charge in [0.15, 0.2) is 0 Å². The Balaban J connectivity index is 2.22. The number of nitrogens with zero attached hydrogens (tertiary/aromatic N) is 2. The largest absolute Gasteiger partial charge is 0.337 e. The van der Waals surface area contributed by atoms with E-state index in [0.29, 0.717) is 0 Å². The van der Waals surface area contributed by atoms with Crippen LogP contribution in [0.25, 0.3) is 22.4 Å². The van der Waals surface area contributed by atoms with Crippen LogP contribution in [0.5, 0.6) is 0 Å². The molecule has 6 heteroatoms. The molecule has 0 aliphatic rings. The Hall–Kier alpha value is -0.720. The standard InChI is InChI=1S/C10H5Br2N3S/c11-8-3-5(9(12)16-8)10-14-6-1-2-13-4-7(6)15-10/h1-4H,(H,14,15). The van der Waals surface area contributed by atoms with E-state index >= 15 is 0 Å². The van der Waals surface area contributed by atoms with Gasteiger partial charge in [0, 0.05) is 11.8 Å². The molecule has 3 aromatic heterocycles. The number of pyridine rings is 1. The predicted molar refractivity (Wildman–Crippen MR) is 72.6 cm³/mol. The van der Waals surface area contributed by atoms with Crippen molar-refractivity contribution in [3.63, 3.8) is 0 Å². The average Bonchev–Trinajstić information content (AvgIpc) is 2.81. The highest BCUT2D eigenvalue weighted by atomic mass is 79.9. The van der Waals surface area contributed by atoms with Gasteiger partial charge in [0.1, 0.15) is 5.82 Å². The second kappa shape index (κ2) is 3.94. The highest BCUT2D eigenvalue weighted by Gasteiger charge is 2.11. The minimum Gasteiger partial charge on any atom is -0.337 e. The van der Waals surface area contributed by atoms with Crippen LogP contribution >= 0.6 is 43.2 Å². The molecule has 0 fully saturated rings. The number of halogens is 2. The number of hydrogen-bond donors (Lipinski definition) is 1. The minimum atomic E-state index is 0.858. The fraction of sp³-hybridized carbons (Fsp3) is 0. The Morgan fingerprint density at radius 2 is 2.19 bits per heavy atom. The maximum absolute atomic E-state index is 4.52. The molecule has 3 heterocycles. The molecule has 0 aliphatic heterocycles. The molecule has 0 spiro atoms. The molecular formula is C10H5Br2N3S. The summed E-state index contributed by atoms with van der Waals surface area (Å²) in [6.07, 6.45) is 3.52. The SMILES string of the molecule is Brc1cc(-c2nc3ccncc3[nH]2)c(Br)s1. The van der Waals surface area contributed by atoms with Gasteiger partial charge in [-0.25, -0.2) is 4.98 Å². The van der Waals surface area contributed by atoms with Crippen LogP contribution in [0, 0.1) is 0 Å². The van der Waals surface area contributed by atoms with Crippen molar-refractivity contribution < 1.29 is 0 Å². The number of rotatable bonds is 1. The molecule has 0 aliphatic carbocycles. The van der Waals surface area contributed by atoms with Gasteiger partial charge in [0.05, 0.1) is 24.8 Å². The van der Waals surface area contributed by atoms with Crippen molar-refractivity contribution in [2.75, 3.05) is 0 Å². The zero-order valence-corrected chi connectivity index (χ0v) is 11.9. The third-order valence-corrected chi connectivity index (χ3v) is 4.53. The topological polar surface area (TPSA) is 41.6 Å². The molecule has 1 N–H and O–H groups in total. The van der Waals surface area contributed by atoms with Crippen LogP contribution in [0.3, 0.4) is 0 Å². The second-order valence-electron chi connectivity index (χ2n) is 3.22. The summed E-state index contributed by atoms with van der Waals surface area (Å²) in [5.41, 5.74) is 2.94. The van der Waals surface area contributed by atoms with Crippen LogP contribution in [0.1, 0.15) is 0 Å². The van der Waals surface area contributed by atoms with Crippen molar-refractivity contribution in [1.82, 2.24) is 15.0 Å². The summed E-state index contributed by atoms with van der Waals surface area (Å²) in [7, 11) is 0. The summed E-state index contributed by atoms with van der Waals surface area (Å²) in [4.78, 5) is 11.8. The molecule has 0 saturated heterocycles. The molecule has 0 amide bonds. The van der Waals surface area contributed by atoms with Gasteiger partial charge in [-0.05, 0) is 44.0 Å². The Labute approximate surface area is 112 Å². The minimum absolute atomic E-state index is 0.858. The fourth-order valence-electron chi connectivity index (χ4n) is 1.49. The molecule has 0 atom stereocenters. The average molecular weight is 359 g/mol. The van der Waals surface area contributed by atoms with E-state index in [9.17, 15) is 0 Å². The van der Waals surface area contributed by atoms with Gasteiger partial charge in [-0.1, -0.05) is 0 Å². The van der Waals surface area contributed by atoms with Gasteiger partial charge >= 0.3 is 0 Å². The zero-order valence-electron chi connectivity index (χ0n) is 7.87. The zero-order chi connectivity index (χ0) is 11.1. The molecule has 16 heavy (non-hydrogen) atoms. The van der Waals surface area contributed by atoms with Gasteiger partial charge in [-0.3, -0.25) is 4.98 Å². The summed E-state index contributed by atoms with van der Waals surface area (Å²) >= 11 is 8.61. The lowest BCUT2D eigenvalue weighted by molar-refractivity contribution is 1.33. The van der Waals surface area contributed by atoms with Crippen LogP contribution in [-0.4, -0.2) is 15.0 Å². The first-order chi connectivity index (χ1) is 7.74. The van der Waals surface area contributed by atoms with E-state index in [-0.39, 0.29) is 0 Å². The number of aromatic nitrogens is 3. The Bertz CT molecular complexity index is 626. The van der Waals surface area contributed by atoms with E-state index in [1.54, 1.807) is 23.7 Å². The number of fused-ring (bicyclic) bond motifs is 1. The normalized spacial score (nSPS) is 11.1. The third kappa shape index (κ3) is 1.70. The molecular weight excluding hydrogens is 354 g/mol. The Morgan fingerprint density at radius 1 is 1.31 bits per heavy atom. The Kier molecular flexibility index (Phi) is 2.57. The van der Waals surface area contributed by atoms with Crippen molar-refractivity contribution >= 4 is 54.2 Å². The quantitative estimate of drug-likeness (QED) is 0.707. The summed E-state index contributed by atoms with van der Waals surface area (Å²) in [6, 6.07) is 3.94. The summed E-state index contributed by atoms with van der Waals surface area (Å²) < 4.78 is 2.14. The predicted octanol–water partition coefficient (Wildman–Crippen LogP) is 4.21. The summed E-state index contributed by atoms with van der Waals surface area (Å²) in [5, 5.41) is 0. The summed E-state index contributed by atoms with van der Waals surface area (Å²) in [5.74, 6) is 0.858. The lowest BCUT2D eigenvalue weighted by Gasteiger charge is -1.90. The number of nitrogens with one attached hydrogen (secondary N) is 1. The van der Waals surface area contributed by atoms with Crippen molar-refractivity contribution in [3.05, 3.63) is 32.1 Å². The van der Waals surface area contributed by atoms with Gasteiger partial charge in [-0.2, -0.15) is 0 Å². The van der Waals surface area contributed by atoms with Crippen molar-refractivity contribution in [2.45, 2.75) is 0 Å². The van der Waals surface area contributed by atoms with E-state index in [1.807, 2.05) is 12.1 Å². The molecule has 80 valence electrons. The molecule has 0 saturated carbocycles. The lowest BCUT2D eigenvalue weighted by Crippen LogP contribution is -1.76. The molecule has 3 rings (SSSR count). The van der Waals surface area contributed by atoms with E-state index in [4.69, 9.17) is 0 Å². The lowest BCUT2D eigenvalue weighted by atomic mass is 10.3. The van der Waals surface area contributed by atoms with Crippen LogP contribution in [0.15, 0.2) is 32.1 Å². The first-order valence-corrected chi connectivity index (χ1v) is 6.89. The third-order valence-electron chi connectivity index (χ3n) is 2.20. The van der Waals surface area contributed by atoms with E-state index in [1.165, 1.54) is 0 Å². The first kappa shape index (κ1) is 10.4. The Morgan fingerprint density at radius 3 is 2.88 bits per heavy atom. The van der Waals surface area contributed by atoms with Gasteiger partial charge < -0.3 is 4.98 Å². The number of thiophene rings is 1. The van der Waals surface area contributed by atoms with E-state index < -0.39 is 0 Å². The number of imidazole rings is 1. The highest BCUT2D eigenvalue weighted by molar-refractivity contribution is 9.12. The first-order valence-electron chi connectivity index (χ1n) is 4.49. The number of hydrogen-bond acceptors (Lipinski definition) is 3. The molecule has 3 nitrogen and oxygen atoms in total. The summed E-state index contributed by atoms with van der Waals surface area (Å²) in [6.45, 7) is 0. The van der Waals surface area contributed by atoms with Crippen LogP contribution in [0.4, 0.5) is 0 Å². The monoisotopic (exact) mass is 357 g/mol. The maximum atomic E-state index is 4.52. The van der Waals surface area contributed by atoms with Crippen LogP contribution < -0.4 is 0 Å². The number of H-pyrrole nitrogens is 1. The smallest absolute Gasteiger partial charge is 0.140 e. The van der Waals surface area contributed by atoms with Crippen molar-refractivity contribution in [3.8, 4) is 11.4 Å². The van der Waals surface area contributed by atoms with Gasteiger partial charge in [0.2, 0.25) is 0 Å². The van der Waals surface area contributed by atoms with E-state index in [2.05, 4.69) is 46.8 Å². The van der Waals surface area contributed by atoms with Gasteiger partial charge in [0.25, 0.3) is 0 Å². The second-order valence-corrected chi connectivity index (χ2v) is 6.97. The van der Waals surface area contributed by atoms with Crippen molar-refractivity contribution in [1.29, 1.82) is 0 Å². The fourth-order valence-corrected chi connectivity index (χ4v) is 4.29. The molecule has 0 bridgehead atoms. The van der Waals surface area contributed by atoms with E-state index in [0.717, 1.165) is 30.0 Å². The number of aromatic amines is 1. The van der Waals surface area contributed by atoms with Crippen molar-refractivity contribution in [2.24, 2.45) is 0 Å². The van der Waals surface area contributed by atoms with Crippen LogP contribution in [-0.2, 0) is 0 Å². The molecule has 0 unspecified atom stereocenters. The van der Waals surface area contributed by atoms with Crippen LogP contribution in [0.2, 0.25) is 0 Å². The maximum Gasteiger partial charge on any atom is 0.140 e. The highest BCUT2D eigenvalue weighted by Crippen LogP contribution is 2.37. The molecule has 0 aromatic carbocycles. The molecule has 0 radical (unpaired) electrons. The van der Waals surface area contributed by atoms with Gasteiger partial charge in [-0.15, -0.1) is 11.3 Å².